The van der Waals surface area contributed by atoms with Gasteiger partial charge in [0.05, 0.1) is 33.4 Å². The van der Waals surface area contributed by atoms with Gasteiger partial charge in [0.1, 0.15) is 28.5 Å². The highest BCUT2D eigenvalue weighted by atomic mass is 16.5. The molecule has 4 heterocycles. The van der Waals surface area contributed by atoms with Crippen LogP contribution in [0.1, 0.15) is 49.8 Å². The fourth-order valence-electron chi connectivity index (χ4n) is 11.7. The summed E-state index contributed by atoms with van der Waals surface area (Å²) >= 11 is 0. The molecule has 0 saturated carbocycles. The highest BCUT2D eigenvalue weighted by molar-refractivity contribution is 6.12. The Morgan fingerprint density at radius 3 is 2.19 bits per heavy atom. The molecule has 6 heteroatoms. The van der Waals surface area contributed by atoms with Crippen molar-refractivity contribution < 1.29 is 13.7 Å². The second kappa shape index (κ2) is 18.4. The average molecular weight is 995 g/mol. The highest BCUT2D eigenvalue weighted by Crippen LogP contribution is 2.44. The number of allylic oxidation sites excluding steroid dienone is 4. The molecule has 0 saturated heterocycles. The summed E-state index contributed by atoms with van der Waals surface area (Å²) in [5.74, 6) is 2.55. The lowest BCUT2D eigenvalue weighted by Crippen LogP contribution is -2.32. The molecule has 9 aromatic carbocycles. The van der Waals surface area contributed by atoms with Gasteiger partial charge in [0, 0.05) is 45.3 Å². The molecule has 4 aromatic heterocycles. The van der Waals surface area contributed by atoms with Gasteiger partial charge < -0.3 is 9.15 Å². The molecule has 0 aliphatic heterocycles. The standard InChI is InChI=1S/C71H54N4O2/c1-46-20-17-34-64-68(46)74(45-73(64)51-25-18-26-52(43-51)76-53-36-37-58-57-29-13-15-33-63(57)75(65(58)44-53)67-42-50(38-39-72-67)71(2,3)4)69-55(31-19-32-60(69)56-28-12-11-27-54(56)47-21-7-5-8-22-47)49-40-61(48-23-9-6-10-24-48)70-62(41-49)59-30-14-16-35-66(59)77-70/h5-21,23-44,47H,22H2,1-4H3. The van der Waals surface area contributed by atoms with E-state index in [2.05, 4.69) is 266 Å². The highest BCUT2D eigenvalue weighted by Gasteiger charge is 2.26. The number of nitrogens with zero attached hydrogens (tertiary/aromatic N) is 4. The number of benzene rings is 9. The Bertz CT molecular complexity index is 4520. The number of aromatic nitrogens is 4. The molecule has 1 unspecified atom stereocenters. The number of rotatable bonds is 9. The van der Waals surface area contributed by atoms with Gasteiger partial charge in [-0.2, -0.15) is 0 Å². The molecule has 0 fully saturated rings. The van der Waals surface area contributed by atoms with Crippen LogP contribution in [0.3, 0.4) is 0 Å². The molecule has 1 atom stereocenters. The van der Waals surface area contributed by atoms with Crippen molar-refractivity contribution in [3.05, 3.63) is 260 Å². The number of fused-ring (bicyclic) bond motifs is 7. The van der Waals surface area contributed by atoms with Crippen molar-refractivity contribution in [2.24, 2.45) is 0 Å². The summed E-state index contributed by atoms with van der Waals surface area (Å²) in [5.41, 5.74) is 18.1. The molecule has 0 radical (unpaired) electrons. The molecular weight excluding hydrogens is 941 g/mol. The molecule has 6 nitrogen and oxygen atoms in total. The monoisotopic (exact) mass is 994 g/mol. The number of aryl methyl sites for hydroxylation is 1. The van der Waals surface area contributed by atoms with Crippen LogP contribution in [-0.2, 0) is 5.41 Å². The molecule has 0 spiro atoms. The molecule has 14 rings (SSSR count). The van der Waals surface area contributed by atoms with Crippen LogP contribution < -0.4 is 9.30 Å². The zero-order valence-corrected chi connectivity index (χ0v) is 43.4. The minimum atomic E-state index is -0.0323. The van der Waals surface area contributed by atoms with Crippen LogP contribution in [0.25, 0.3) is 105 Å². The van der Waals surface area contributed by atoms with Crippen molar-refractivity contribution in [1.29, 1.82) is 0 Å². The molecule has 0 bridgehead atoms. The topological polar surface area (TPSA) is 49.0 Å². The summed E-state index contributed by atoms with van der Waals surface area (Å²) in [6, 6.07) is 73.5. The van der Waals surface area contributed by atoms with Crippen molar-refractivity contribution in [3.63, 3.8) is 0 Å². The van der Waals surface area contributed by atoms with E-state index in [0.717, 1.165) is 112 Å². The first kappa shape index (κ1) is 46.0. The van der Waals surface area contributed by atoms with Crippen LogP contribution in [0.15, 0.2) is 241 Å². The number of pyridine rings is 1. The van der Waals surface area contributed by atoms with Crippen LogP contribution in [0.2, 0.25) is 0 Å². The molecular formula is C71H54N4O2. The summed E-state index contributed by atoms with van der Waals surface area (Å²) < 4.78 is 20.4. The first-order valence-corrected chi connectivity index (χ1v) is 26.5. The summed E-state index contributed by atoms with van der Waals surface area (Å²) in [4.78, 5) is 4.92. The maximum atomic E-state index is 6.89. The SMILES string of the molecule is Cc1cccc2c1[n+](-c1c(-c3cc(-c4ccccc4)c4oc5ccccc5c4c3)cccc1-c1ccccc1C1C=CC=CC1)[c-]n2-c1cccc(Oc2ccc3c4ccccc4n(-c4cc(C(C)(C)C)ccn4)c3c2)c1. The second-order valence-corrected chi connectivity index (χ2v) is 21.3. The van der Waals surface area contributed by atoms with Crippen molar-refractivity contribution in [1.82, 2.24) is 14.1 Å². The predicted octanol–water partition coefficient (Wildman–Crippen LogP) is 18.1. The van der Waals surface area contributed by atoms with E-state index in [-0.39, 0.29) is 11.3 Å². The smallest absolute Gasteiger partial charge is 0.269 e. The number of para-hydroxylation sites is 4. The summed E-state index contributed by atoms with van der Waals surface area (Å²) in [6.45, 7) is 8.92. The average Bonchev–Trinajstić information content (AvgIpc) is 4.30. The third-order valence-corrected chi connectivity index (χ3v) is 15.4. The summed E-state index contributed by atoms with van der Waals surface area (Å²) in [5, 5.41) is 4.47. The number of hydrogen-bond donors (Lipinski definition) is 0. The van der Waals surface area contributed by atoms with Gasteiger partial charge in [0.15, 0.2) is 0 Å². The Morgan fingerprint density at radius 1 is 0.584 bits per heavy atom. The molecule has 1 aliphatic carbocycles. The number of hydrogen-bond acceptors (Lipinski definition) is 3. The van der Waals surface area contributed by atoms with Crippen molar-refractivity contribution in [2.45, 2.75) is 45.4 Å². The van der Waals surface area contributed by atoms with E-state index in [4.69, 9.17) is 14.1 Å². The van der Waals surface area contributed by atoms with Gasteiger partial charge >= 0.3 is 0 Å². The zero-order chi connectivity index (χ0) is 51.8. The Morgan fingerprint density at radius 2 is 1.32 bits per heavy atom. The van der Waals surface area contributed by atoms with E-state index in [1.165, 1.54) is 22.1 Å². The van der Waals surface area contributed by atoms with Gasteiger partial charge in [-0.05, 0) is 130 Å². The molecule has 13 aromatic rings. The maximum Gasteiger partial charge on any atom is 0.269 e. The van der Waals surface area contributed by atoms with Crippen molar-refractivity contribution in [2.75, 3.05) is 0 Å². The number of ether oxygens (including phenoxy) is 1. The van der Waals surface area contributed by atoms with E-state index in [1.807, 2.05) is 18.3 Å². The van der Waals surface area contributed by atoms with E-state index < -0.39 is 0 Å². The lowest BCUT2D eigenvalue weighted by molar-refractivity contribution is -0.571. The third kappa shape index (κ3) is 7.95. The van der Waals surface area contributed by atoms with E-state index in [9.17, 15) is 0 Å². The Balaban J connectivity index is 0.951. The van der Waals surface area contributed by atoms with E-state index in [0.29, 0.717) is 5.75 Å². The largest absolute Gasteiger partial charge is 0.458 e. The van der Waals surface area contributed by atoms with E-state index >= 15 is 0 Å². The van der Waals surface area contributed by atoms with Crippen molar-refractivity contribution in [3.8, 4) is 62.1 Å². The molecule has 0 N–H and O–H groups in total. The van der Waals surface area contributed by atoms with Crippen LogP contribution in [-0.4, -0.2) is 14.1 Å². The van der Waals surface area contributed by atoms with Crippen LogP contribution in [0.4, 0.5) is 0 Å². The molecule has 1 aliphatic rings. The van der Waals surface area contributed by atoms with Gasteiger partial charge in [-0.15, -0.1) is 0 Å². The first-order valence-electron chi connectivity index (χ1n) is 26.5. The van der Waals surface area contributed by atoms with E-state index in [1.54, 1.807) is 0 Å². The lowest BCUT2D eigenvalue weighted by atomic mass is 9.85. The fraction of sp³-hybridized carbons (Fsp3) is 0.0986. The number of furan rings is 1. The maximum absolute atomic E-state index is 6.89. The minimum absolute atomic E-state index is 0.0323. The molecule has 0 amide bonds. The quantitative estimate of drug-likeness (QED) is 0.107. The van der Waals surface area contributed by atoms with Crippen LogP contribution >= 0.6 is 0 Å². The summed E-state index contributed by atoms with van der Waals surface area (Å²) in [7, 11) is 0. The van der Waals surface area contributed by atoms with Gasteiger partial charge in [-0.25, -0.2) is 4.98 Å². The van der Waals surface area contributed by atoms with Crippen LogP contribution in [0, 0.1) is 13.3 Å². The van der Waals surface area contributed by atoms with Gasteiger partial charge in [0.2, 0.25) is 0 Å². The second-order valence-electron chi connectivity index (χ2n) is 21.3. The van der Waals surface area contributed by atoms with Gasteiger partial charge in [0.25, 0.3) is 6.33 Å². The van der Waals surface area contributed by atoms with Gasteiger partial charge in [-0.3, -0.25) is 13.7 Å². The Labute approximate surface area is 447 Å². The Hall–Kier alpha value is -9.52. The number of imidazole rings is 1. The minimum Gasteiger partial charge on any atom is -0.458 e. The van der Waals surface area contributed by atoms with Crippen molar-refractivity contribution >= 4 is 54.8 Å². The summed E-state index contributed by atoms with van der Waals surface area (Å²) in [6.07, 6.45) is 15.8. The van der Waals surface area contributed by atoms with Gasteiger partial charge in [-0.1, -0.05) is 179 Å². The third-order valence-electron chi connectivity index (χ3n) is 15.4. The fourth-order valence-corrected chi connectivity index (χ4v) is 11.7. The normalized spacial score (nSPS) is 13.7. The zero-order valence-electron chi connectivity index (χ0n) is 43.4. The first-order chi connectivity index (χ1) is 37.7. The molecule has 77 heavy (non-hydrogen) atoms. The predicted molar refractivity (Wildman–Crippen MR) is 315 cm³/mol. The molecule has 370 valence electrons. The Kier molecular flexibility index (Phi) is 11.0. The lowest BCUT2D eigenvalue weighted by Gasteiger charge is -2.22. The van der Waals surface area contributed by atoms with Crippen LogP contribution in [0.5, 0.6) is 11.5 Å².